The van der Waals surface area contributed by atoms with Crippen molar-refractivity contribution >= 4 is 58.2 Å². The maximum atomic E-state index is 14.1. The van der Waals surface area contributed by atoms with Gasteiger partial charge in [-0.3, -0.25) is 33.9 Å². The number of unbranched alkanes of at least 4 members (excludes halogenated alkanes) is 2. The molecule has 3 atom stereocenters. The van der Waals surface area contributed by atoms with E-state index in [1.165, 1.54) is 4.90 Å². The van der Waals surface area contributed by atoms with Gasteiger partial charge in [-0.05, 0) is 96.8 Å². The number of benzene rings is 3. The van der Waals surface area contributed by atoms with E-state index in [0.29, 0.717) is 62.5 Å². The van der Waals surface area contributed by atoms with Gasteiger partial charge < -0.3 is 36.2 Å². The van der Waals surface area contributed by atoms with Crippen molar-refractivity contribution in [3.63, 3.8) is 0 Å². The zero-order valence-corrected chi connectivity index (χ0v) is 44.2. The van der Waals surface area contributed by atoms with Crippen LogP contribution in [0.3, 0.4) is 0 Å². The molecule has 2 aliphatic rings. The number of piperazine rings is 1. The Morgan fingerprint density at radius 1 is 0.827 bits per heavy atom. The second kappa shape index (κ2) is 24.7. The average molecular weight is 1030 g/mol. The fourth-order valence-corrected chi connectivity index (χ4v) is 10.1. The Balaban J connectivity index is 0.723. The Morgan fingerprint density at radius 2 is 1.57 bits per heavy atom. The summed E-state index contributed by atoms with van der Waals surface area (Å²) < 4.78 is 0. The fourth-order valence-electron chi connectivity index (χ4n) is 9.34. The monoisotopic (exact) mass is 1030 g/mol. The lowest BCUT2D eigenvalue weighted by molar-refractivity contribution is -0.144. The lowest BCUT2D eigenvalue weighted by Crippen LogP contribution is -2.57. The average Bonchev–Trinajstić information content (AvgIpc) is 4.03. The van der Waals surface area contributed by atoms with Crippen LogP contribution in [0, 0.1) is 19.3 Å². The van der Waals surface area contributed by atoms with E-state index in [0.717, 1.165) is 62.9 Å². The quantitative estimate of drug-likeness (QED) is 0.0494. The first kappa shape index (κ1) is 53.9. The summed E-state index contributed by atoms with van der Waals surface area (Å²) >= 11 is 1.57. The maximum absolute atomic E-state index is 14.1. The van der Waals surface area contributed by atoms with E-state index in [9.17, 15) is 29.1 Å². The zero-order valence-electron chi connectivity index (χ0n) is 43.3. The molecule has 2 saturated heterocycles. The molecular formula is C57H67N11O6S. The number of aliphatic hydroxyl groups excluding tert-OH is 1. The summed E-state index contributed by atoms with van der Waals surface area (Å²) in [6, 6.07) is 25.0. The Morgan fingerprint density at radius 3 is 2.28 bits per heavy atom. The van der Waals surface area contributed by atoms with Gasteiger partial charge in [0.1, 0.15) is 12.1 Å². The van der Waals surface area contributed by atoms with E-state index in [1.807, 2.05) is 130 Å². The zero-order chi connectivity index (χ0) is 53.1. The predicted molar refractivity (Wildman–Crippen MR) is 291 cm³/mol. The summed E-state index contributed by atoms with van der Waals surface area (Å²) in [6.45, 7) is 13.2. The Bertz CT molecular complexity index is 2940. The Kier molecular flexibility index (Phi) is 17.8. The Labute approximate surface area is 442 Å². The molecule has 6 aromatic rings. The van der Waals surface area contributed by atoms with E-state index in [4.69, 9.17) is 0 Å². The smallest absolute Gasteiger partial charge is 0.255 e. The molecule has 5 heterocycles. The first-order valence-corrected chi connectivity index (χ1v) is 26.5. The Hall–Kier alpha value is -7.41. The highest BCUT2D eigenvalue weighted by atomic mass is 32.1. The summed E-state index contributed by atoms with van der Waals surface area (Å²) in [5, 5.41) is 22.8. The van der Waals surface area contributed by atoms with E-state index in [-0.39, 0.29) is 49.6 Å². The van der Waals surface area contributed by atoms with Crippen LogP contribution in [0.2, 0.25) is 0 Å². The number of aromatic nitrogens is 4. The molecule has 18 heteroatoms. The van der Waals surface area contributed by atoms with Crippen molar-refractivity contribution in [2.45, 2.75) is 104 Å². The van der Waals surface area contributed by atoms with Gasteiger partial charge in [-0.25, -0.2) is 15.0 Å². The molecule has 2 unspecified atom stereocenters. The summed E-state index contributed by atoms with van der Waals surface area (Å²) in [7, 11) is 0. The number of carbonyl (C=O) groups excluding carboxylic acids is 5. The first-order chi connectivity index (χ1) is 36.1. The van der Waals surface area contributed by atoms with Gasteiger partial charge in [-0.15, -0.1) is 11.3 Å². The van der Waals surface area contributed by atoms with Crippen molar-refractivity contribution in [1.29, 1.82) is 0 Å². The van der Waals surface area contributed by atoms with Gasteiger partial charge in [0, 0.05) is 106 Å². The first-order valence-electron chi connectivity index (χ1n) is 25.6. The van der Waals surface area contributed by atoms with Crippen molar-refractivity contribution in [3.05, 3.63) is 137 Å². The molecule has 392 valence electrons. The number of pyridine rings is 1. The number of nitrogens with one attached hydrogen (secondary N) is 4. The molecule has 5 N–H and O–H groups in total. The van der Waals surface area contributed by atoms with E-state index in [2.05, 4.69) is 46.1 Å². The number of aliphatic hydroxyl groups is 1. The van der Waals surface area contributed by atoms with Crippen LogP contribution >= 0.6 is 11.3 Å². The standard InChI is InChI=1S/C57H67N11O6S/c1-37-13-22-44(30-47(37)64-56-59-25-23-46(63-56)43-10-9-24-58-33-43)62-53(72)42-20-16-40(17-21-42)34-66-26-28-67(29-27-66)50(71)12-8-6-7-11-49(70)65-52(57(3,4)5)55(74)68-35-45(69)31-48(68)54(73)60-32-39-14-18-41(19-15-39)51-38(2)61-36-75-51/h9-10,13-25,30,33,36,45,48,52,69H,6-8,11-12,26-29,31-32,34-35H2,1-5H3,(H,60,73)(H,62,72)(H,65,70)(H,59,63,64)/t45?,48?,52-/m1/s1. The molecule has 0 saturated carbocycles. The number of anilines is 3. The molecule has 3 aromatic carbocycles. The third-order valence-corrected chi connectivity index (χ3v) is 14.7. The van der Waals surface area contributed by atoms with Crippen LogP contribution in [0.15, 0.2) is 109 Å². The highest BCUT2D eigenvalue weighted by Gasteiger charge is 2.44. The van der Waals surface area contributed by atoms with Crippen LogP contribution in [0.1, 0.15) is 92.0 Å². The highest BCUT2D eigenvalue weighted by molar-refractivity contribution is 7.13. The number of hydrogen-bond acceptors (Lipinski definition) is 13. The molecule has 2 fully saturated rings. The number of rotatable bonds is 19. The van der Waals surface area contributed by atoms with Crippen LogP contribution in [0.4, 0.5) is 17.3 Å². The van der Waals surface area contributed by atoms with Gasteiger partial charge in [0.15, 0.2) is 0 Å². The van der Waals surface area contributed by atoms with Crippen LogP contribution in [0.5, 0.6) is 0 Å². The topological polar surface area (TPSA) is 215 Å². The molecule has 2 aliphatic heterocycles. The van der Waals surface area contributed by atoms with Crippen LogP contribution < -0.4 is 21.3 Å². The summed E-state index contributed by atoms with van der Waals surface area (Å²) in [5.41, 5.74) is 9.67. The minimum absolute atomic E-state index is 0.000713. The summed E-state index contributed by atoms with van der Waals surface area (Å²) in [6.07, 6.45) is 6.87. The van der Waals surface area contributed by atoms with Crippen molar-refractivity contribution in [3.8, 4) is 21.7 Å². The number of nitrogens with zero attached hydrogens (tertiary/aromatic N) is 7. The molecule has 0 aliphatic carbocycles. The maximum Gasteiger partial charge on any atom is 0.255 e. The van der Waals surface area contributed by atoms with Crippen molar-refractivity contribution in [1.82, 2.24) is 45.3 Å². The minimum atomic E-state index is -0.909. The van der Waals surface area contributed by atoms with Gasteiger partial charge in [-0.1, -0.05) is 69.7 Å². The minimum Gasteiger partial charge on any atom is -0.391 e. The van der Waals surface area contributed by atoms with E-state index in [1.54, 1.807) is 29.9 Å². The highest BCUT2D eigenvalue weighted by Crippen LogP contribution is 2.30. The predicted octanol–water partition coefficient (Wildman–Crippen LogP) is 7.68. The van der Waals surface area contributed by atoms with Gasteiger partial charge >= 0.3 is 0 Å². The van der Waals surface area contributed by atoms with E-state index < -0.39 is 29.5 Å². The number of amides is 5. The lowest BCUT2D eigenvalue weighted by Gasteiger charge is -2.35. The molecule has 0 spiro atoms. The van der Waals surface area contributed by atoms with E-state index >= 15 is 0 Å². The van der Waals surface area contributed by atoms with Gasteiger partial charge in [-0.2, -0.15) is 0 Å². The van der Waals surface area contributed by atoms with Crippen LogP contribution in [-0.4, -0.2) is 120 Å². The molecule has 0 bridgehead atoms. The molecular weight excluding hydrogens is 967 g/mol. The number of hydrogen-bond donors (Lipinski definition) is 5. The third kappa shape index (κ3) is 14.5. The molecule has 8 rings (SSSR count). The number of thiazole rings is 1. The number of likely N-dealkylation sites (tertiary alicyclic amines) is 1. The lowest BCUT2D eigenvalue weighted by atomic mass is 9.85. The van der Waals surface area contributed by atoms with Crippen LogP contribution in [0.25, 0.3) is 21.7 Å². The molecule has 75 heavy (non-hydrogen) atoms. The third-order valence-electron chi connectivity index (χ3n) is 13.7. The summed E-state index contributed by atoms with van der Waals surface area (Å²) in [4.78, 5) is 91.6. The number of β-amino-alcohol motifs (C(OH)–C–C–N with tert-alkyl or cyclic N) is 1. The second-order valence-electron chi connectivity index (χ2n) is 20.5. The molecule has 0 radical (unpaired) electrons. The number of carbonyl (C=O) groups is 5. The van der Waals surface area contributed by atoms with Crippen LogP contribution in [-0.2, 0) is 32.3 Å². The SMILES string of the molecule is Cc1ccc(NC(=O)c2ccc(CN3CCN(C(=O)CCCCCC(=O)N[C@H](C(=O)N4CC(O)CC4C(=O)NCc4ccc(-c5scnc5C)cc4)C(C)(C)C)CC3)cc2)cc1Nc1nccc(-c2cccnc2)n1. The summed E-state index contributed by atoms with van der Waals surface area (Å²) in [5.74, 6) is -0.732. The van der Waals surface area contributed by atoms with Crippen molar-refractivity contribution in [2.75, 3.05) is 43.4 Å². The molecule has 5 amide bonds. The van der Waals surface area contributed by atoms with Gasteiger partial charge in [0.2, 0.25) is 29.6 Å². The molecule has 3 aromatic heterocycles. The second-order valence-corrected chi connectivity index (χ2v) is 21.3. The molecule has 17 nitrogen and oxygen atoms in total. The fraction of sp³-hybridized carbons (Fsp3) is 0.386. The van der Waals surface area contributed by atoms with Crippen molar-refractivity contribution < 1.29 is 29.1 Å². The number of aryl methyl sites for hydroxylation is 2. The van der Waals surface area contributed by atoms with Gasteiger partial charge in [0.25, 0.3) is 5.91 Å². The largest absolute Gasteiger partial charge is 0.391 e. The van der Waals surface area contributed by atoms with Crippen molar-refractivity contribution in [2.24, 2.45) is 5.41 Å². The normalized spacial score (nSPS) is 16.3. The van der Waals surface area contributed by atoms with Gasteiger partial charge in [0.05, 0.1) is 27.9 Å².